The minimum absolute atomic E-state index is 0.385. The van der Waals surface area contributed by atoms with Gasteiger partial charge in [-0.25, -0.2) is 29.3 Å². The van der Waals surface area contributed by atoms with Gasteiger partial charge < -0.3 is 4.98 Å². The van der Waals surface area contributed by atoms with Crippen molar-refractivity contribution in [1.82, 2.24) is 44.7 Å². The SMILES string of the molecule is Cc1cn(-c2nccc3[nH]c(-c4n[nH]c5cc(F)c(-c6cncnc6)cc45)nc23)cn1. The predicted octanol–water partition coefficient (Wildman–Crippen LogP) is 3.59. The first-order valence-electron chi connectivity index (χ1n) is 9.46. The normalized spacial score (nSPS) is 11.5. The molecule has 0 unspecified atom stereocenters. The van der Waals surface area contributed by atoms with Gasteiger partial charge in [0.15, 0.2) is 11.6 Å². The van der Waals surface area contributed by atoms with Crippen LogP contribution in [-0.4, -0.2) is 44.7 Å². The number of nitrogens with one attached hydrogen (secondary N) is 2. The number of aromatic amines is 2. The zero-order valence-electron chi connectivity index (χ0n) is 16.2. The first-order chi connectivity index (χ1) is 15.2. The highest BCUT2D eigenvalue weighted by molar-refractivity contribution is 5.96. The third-order valence-electron chi connectivity index (χ3n) is 5.08. The molecule has 6 rings (SSSR count). The Labute approximate surface area is 174 Å². The fraction of sp³-hybridized carbons (Fsp3) is 0.0476. The fourth-order valence-electron chi connectivity index (χ4n) is 3.64. The van der Waals surface area contributed by atoms with E-state index < -0.39 is 0 Å². The summed E-state index contributed by atoms with van der Waals surface area (Å²) in [5, 5.41) is 8.00. The standard InChI is InChI=1S/C21H14FN9/c1-11-8-31(10-26-11)21-19-16(2-3-25-21)27-20(28-19)18-14-4-13(12-6-23-9-24-7-12)15(22)5-17(14)29-30-18/h2-10H,1H3,(H,27,28)(H,29,30). The quantitative estimate of drug-likeness (QED) is 0.460. The van der Waals surface area contributed by atoms with E-state index in [2.05, 4.69) is 35.1 Å². The molecule has 150 valence electrons. The van der Waals surface area contributed by atoms with E-state index >= 15 is 0 Å². The van der Waals surface area contributed by atoms with Crippen LogP contribution >= 0.6 is 0 Å². The largest absolute Gasteiger partial charge is 0.336 e. The summed E-state index contributed by atoms with van der Waals surface area (Å²) >= 11 is 0. The number of imidazole rings is 2. The van der Waals surface area contributed by atoms with E-state index in [1.165, 1.54) is 12.4 Å². The van der Waals surface area contributed by atoms with E-state index in [0.717, 1.165) is 16.6 Å². The van der Waals surface area contributed by atoms with E-state index in [-0.39, 0.29) is 5.82 Å². The van der Waals surface area contributed by atoms with Crippen molar-refractivity contribution in [2.24, 2.45) is 0 Å². The summed E-state index contributed by atoms with van der Waals surface area (Å²) in [4.78, 5) is 24.7. The van der Waals surface area contributed by atoms with Gasteiger partial charge in [0.25, 0.3) is 0 Å². The lowest BCUT2D eigenvalue weighted by Gasteiger charge is -2.03. The van der Waals surface area contributed by atoms with Gasteiger partial charge >= 0.3 is 0 Å². The molecule has 0 aliphatic rings. The average Bonchev–Trinajstić information content (AvgIpc) is 3.50. The summed E-state index contributed by atoms with van der Waals surface area (Å²) < 4.78 is 16.5. The van der Waals surface area contributed by atoms with Gasteiger partial charge in [-0.1, -0.05) is 0 Å². The third kappa shape index (κ3) is 2.76. The molecular formula is C21H14FN9. The van der Waals surface area contributed by atoms with Crippen molar-refractivity contribution in [2.75, 3.05) is 0 Å². The molecule has 0 saturated carbocycles. The molecule has 0 aliphatic carbocycles. The summed E-state index contributed by atoms with van der Waals surface area (Å²) in [5.74, 6) is 0.826. The van der Waals surface area contributed by atoms with Crippen molar-refractivity contribution < 1.29 is 4.39 Å². The molecule has 0 fully saturated rings. The van der Waals surface area contributed by atoms with E-state index in [1.54, 1.807) is 31.0 Å². The molecule has 5 heterocycles. The third-order valence-corrected chi connectivity index (χ3v) is 5.08. The van der Waals surface area contributed by atoms with Gasteiger partial charge in [-0.05, 0) is 19.1 Å². The second kappa shape index (κ2) is 6.52. The molecule has 0 spiro atoms. The molecule has 1 aromatic carbocycles. The molecule has 0 amide bonds. The van der Waals surface area contributed by atoms with Crippen LogP contribution in [0.3, 0.4) is 0 Å². The lowest BCUT2D eigenvalue weighted by atomic mass is 10.0. The van der Waals surface area contributed by atoms with Crippen molar-refractivity contribution in [2.45, 2.75) is 6.92 Å². The number of hydrogen-bond acceptors (Lipinski definition) is 6. The van der Waals surface area contributed by atoms with Gasteiger partial charge in [-0.3, -0.25) is 9.67 Å². The van der Waals surface area contributed by atoms with Crippen molar-refractivity contribution >= 4 is 21.9 Å². The smallest absolute Gasteiger partial charge is 0.166 e. The molecule has 0 saturated heterocycles. The highest BCUT2D eigenvalue weighted by atomic mass is 19.1. The number of aromatic nitrogens is 9. The highest BCUT2D eigenvalue weighted by Gasteiger charge is 2.18. The van der Waals surface area contributed by atoms with Crippen molar-refractivity contribution in [3.63, 3.8) is 0 Å². The Bertz CT molecular complexity index is 1560. The van der Waals surface area contributed by atoms with Crippen LogP contribution in [0.15, 0.2) is 55.6 Å². The van der Waals surface area contributed by atoms with Gasteiger partial charge in [0.2, 0.25) is 0 Å². The lowest BCUT2D eigenvalue weighted by molar-refractivity contribution is 0.632. The Hall–Kier alpha value is -4.47. The molecule has 6 aromatic rings. The Morgan fingerprint density at radius 3 is 2.74 bits per heavy atom. The minimum Gasteiger partial charge on any atom is -0.336 e. The molecular weight excluding hydrogens is 397 g/mol. The van der Waals surface area contributed by atoms with Crippen LogP contribution in [0.1, 0.15) is 5.69 Å². The topological polar surface area (TPSA) is 114 Å². The summed E-state index contributed by atoms with van der Waals surface area (Å²) in [6.07, 6.45) is 9.85. The molecule has 0 aliphatic heterocycles. The molecule has 0 atom stereocenters. The van der Waals surface area contributed by atoms with Crippen LogP contribution in [0.4, 0.5) is 4.39 Å². The van der Waals surface area contributed by atoms with Crippen molar-refractivity contribution in [3.8, 4) is 28.5 Å². The number of benzene rings is 1. The van der Waals surface area contributed by atoms with Gasteiger partial charge in [0.05, 0.1) is 16.7 Å². The molecule has 0 bridgehead atoms. The number of fused-ring (bicyclic) bond motifs is 2. The van der Waals surface area contributed by atoms with Gasteiger partial charge in [0, 0.05) is 47.4 Å². The van der Waals surface area contributed by atoms with Crippen LogP contribution in [0, 0.1) is 12.7 Å². The zero-order chi connectivity index (χ0) is 20.9. The van der Waals surface area contributed by atoms with Gasteiger partial charge in [0.1, 0.15) is 29.7 Å². The average molecular weight is 411 g/mol. The van der Waals surface area contributed by atoms with Crippen molar-refractivity contribution in [1.29, 1.82) is 0 Å². The van der Waals surface area contributed by atoms with Crippen LogP contribution in [0.5, 0.6) is 0 Å². The fourth-order valence-corrected chi connectivity index (χ4v) is 3.64. The van der Waals surface area contributed by atoms with Gasteiger partial charge in [-0.2, -0.15) is 5.10 Å². The molecule has 0 radical (unpaired) electrons. The van der Waals surface area contributed by atoms with Crippen LogP contribution < -0.4 is 0 Å². The number of nitrogens with zero attached hydrogens (tertiary/aromatic N) is 7. The summed E-state index contributed by atoms with van der Waals surface area (Å²) in [6, 6.07) is 4.99. The van der Waals surface area contributed by atoms with Crippen LogP contribution in [0.25, 0.3) is 50.4 Å². The predicted molar refractivity (Wildman–Crippen MR) is 112 cm³/mol. The van der Waals surface area contributed by atoms with Crippen LogP contribution in [0.2, 0.25) is 0 Å². The maximum absolute atomic E-state index is 14.7. The monoisotopic (exact) mass is 411 g/mol. The number of halogens is 1. The summed E-state index contributed by atoms with van der Waals surface area (Å²) in [5.41, 5.74) is 4.50. The number of H-pyrrole nitrogens is 2. The Balaban J connectivity index is 1.54. The number of rotatable bonds is 3. The molecule has 9 nitrogen and oxygen atoms in total. The Morgan fingerprint density at radius 1 is 1.06 bits per heavy atom. The van der Waals surface area contributed by atoms with Crippen molar-refractivity contribution in [3.05, 3.63) is 67.2 Å². The molecule has 10 heteroatoms. The van der Waals surface area contributed by atoms with Crippen LogP contribution in [-0.2, 0) is 0 Å². The first kappa shape index (κ1) is 17.4. The van der Waals surface area contributed by atoms with E-state index in [9.17, 15) is 4.39 Å². The maximum atomic E-state index is 14.7. The van der Waals surface area contributed by atoms with E-state index in [0.29, 0.717) is 39.5 Å². The molecule has 31 heavy (non-hydrogen) atoms. The summed E-state index contributed by atoms with van der Waals surface area (Å²) in [6.45, 7) is 1.91. The first-order valence-corrected chi connectivity index (χ1v) is 9.46. The number of pyridine rings is 1. The number of aryl methyl sites for hydroxylation is 1. The molecule has 5 aromatic heterocycles. The van der Waals surface area contributed by atoms with E-state index in [4.69, 9.17) is 4.98 Å². The highest BCUT2D eigenvalue weighted by Crippen LogP contribution is 2.32. The Kier molecular flexibility index (Phi) is 3.66. The van der Waals surface area contributed by atoms with Gasteiger partial charge in [-0.15, -0.1) is 0 Å². The second-order valence-electron chi connectivity index (χ2n) is 7.12. The Morgan fingerprint density at radius 2 is 1.94 bits per heavy atom. The summed E-state index contributed by atoms with van der Waals surface area (Å²) in [7, 11) is 0. The molecule has 2 N–H and O–H groups in total. The number of hydrogen-bond donors (Lipinski definition) is 2. The second-order valence-corrected chi connectivity index (χ2v) is 7.12. The van der Waals surface area contributed by atoms with E-state index in [1.807, 2.05) is 23.8 Å². The zero-order valence-corrected chi connectivity index (χ0v) is 16.2. The maximum Gasteiger partial charge on any atom is 0.166 e. The minimum atomic E-state index is -0.385. The lowest BCUT2D eigenvalue weighted by Crippen LogP contribution is -1.95.